The smallest absolute Gasteiger partial charge is 0.305 e. The molecule has 0 saturated heterocycles. The molecule has 0 aliphatic heterocycles. The number of rotatable bonds is 7. The first-order chi connectivity index (χ1) is 9.52. The number of nitrogens with zero attached hydrogens (tertiary/aromatic N) is 1. The van der Waals surface area contributed by atoms with E-state index in [4.69, 9.17) is 0 Å². The molecule has 0 atom stereocenters. The third-order valence-electron chi connectivity index (χ3n) is 2.71. The van der Waals surface area contributed by atoms with Crippen LogP contribution in [0.4, 0.5) is 10.1 Å². The zero-order chi connectivity index (χ0) is 15.0. The molecule has 1 rings (SSSR count). The van der Waals surface area contributed by atoms with E-state index in [1.54, 1.807) is 24.1 Å². The maximum absolute atomic E-state index is 13.3. The summed E-state index contributed by atoms with van der Waals surface area (Å²) in [6.45, 7) is 0.718. The number of nitrogens with one attached hydrogen (secondary N) is 1. The van der Waals surface area contributed by atoms with E-state index >= 15 is 0 Å². The minimum atomic E-state index is -0.464. The molecule has 1 N–H and O–H groups in total. The number of hydrogen-bond acceptors (Lipinski definition) is 4. The number of halogens is 1. The minimum absolute atomic E-state index is 0.134. The van der Waals surface area contributed by atoms with Gasteiger partial charge in [-0.1, -0.05) is 12.1 Å². The molecular formula is C14H19FN2O3. The van der Waals surface area contributed by atoms with E-state index in [1.165, 1.54) is 19.2 Å². The van der Waals surface area contributed by atoms with Crippen LogP contribution < -0.4 is 5.32 Å². The van der Waals surface area contributed by atoms with Crippen LogP contribution in [0.5, 0.6) is 0 Å². The molecule has 0 aliphatic carbocycles. The molecular weight excluding hydrogens is 263 g/mol. The van der Waals surface area contributed by atoms with E-state index in [0.29, 0.717) is 19.4 Å². The molecule has 110 valence electrons. The van der Waals surface area contributed by atoms with Crippen LogP contribution in [0.1, 0.15) is 12.8 Å². The molecule has 0 spiro atoms. The second kappa shape index (κ2) is 8.27. The fourth-order valence-electron chi connectivity index (χ4n) is 1.67. The fraction of sp³-hybridized carbons (Fsp3) is 0.429. The van der Waals surface area contributed by atoms with Gasteiger partial charge in [0.1, 0.15) is 5.82 Å². The Labute approximate surface area is 117 Å². The number of esters is 1. The normalized spacial score (nSPS) is 10.4. The van der Waals surface area contributed by atoms with Gasteiger partial charge in [0.05, 0.1) is 19.3 Å². The molecule has 0 aliphatic rings. The molecule has 0 heterocycles. The number of hydrogen-bond donors (Lipinski definition) is 1. The van der Waals surface area contributed by atoms with Crippen molar-refractivity contribution in [1.82, 2.24) is 4.90 Å². The number of benzene rings is 1. The van der Waals surface area contributed by atoms with Crippen LogP contribution in [0.2, 0.25) is 0 Å². The molecule has 0 radical (unpaired) electrons. The lowest BCUT2D eigenvalue weighted by atomic mass is 10.3. The van der Waals surface area contributed by atoms with Crippen LogP contribution in [0.3, 0.4) is 0 Å². The van der Waals surface area contributed by atoms with E-state index in [-0.39, 0.29) is 24.1 Å². The van der Waals surface area contributed by atoms with Crippen molar-refractivity contribution in [2.45, 2.75) is 12.8 Å². The standard InChI is InChI=1S/C14H19FN2O3/c1-17(9-5-8-14(19)20-2)10-13(18)16-12-7-4-3-6-11(12)15/h3-4,6-7H,5,8-10H2,1-2H3,(H,16,18). The van der Waals surface area contributed by atoms with Crippen molar-refractivity contribution in [3.05, 3.63) is 30.1 Å². The van der Waals surface area contributed by atoms with Crippen molar-refractivity contribution in [3.8, 4) is 0 Å². The summed E-state index contributed by atoms with van der Waals surface area (Å²) in [6, 6.07) is 6.00. The van der Waals surface area contributed by atoms with Crippen LogP contribution in [0, 0.1) is 5.82 Å². The third kappa shape index (κ3) is 5.79. The van der Waals surface area contributed by atoms with Gasteiger partial charge in [-0.25, -0.2) is 4.39 Å². The highest BCUT2D eigenvalue weighted by atomic mass is 19.1. The van der Waals surface area contributed by atoms with Gasteiger partial charge in [0, 0.05) is 6.42 Å². The van der Waals surface area contributed by atoms with Crippen LogP contribution in [-0.4, -0.2) is 44.0 Å². The summed E-state index contributed by atoms with van der Waals surface area (Å²) >= 11 is 0. The molecule has 0 unspecified atom stereocenters. The Balaban J connectivity index is 2.31. The Morgan fingerprint density at radius 1 is 1.35 bits per heavy atom. The molecule has 20 heavy (non-hydrogen) atoms. The number of likely N-dealkylation sites (N-methyl/N-ethyl adjacent to an activating group) is 1. The molecule has 6 heteroatoms. The Kier molecular flexibility index (Phi) is 6.66. The van der Waals surface area contributed by atoms with E-state index in [2.05, 4.69) is 10.1 Å². The number of carbonyl (C=O) groups excluding carboxylic acids is 2. The predicted molar refractivity (Wildman–Crippen MR) is 73.8 cm³/mol. The van der Waals surface area contributed by atoms with Gasteiger partial charge in [0.2, 0.25) is 5.91 Å². The number of para-hydroxylation sites is 1. The van der Waals surface area contributed by atoms with Gasteiger partial charge in [-0.05, 0) is 32.1 Å². The summed E-state index contributed by atoms with van der Waals surface area (Å²) < 4.78 is 17.9. The molecule has 0 saturated carbocycles. The monoisotopic (exact) mass is 282 g/mol. The quantitative estimate of drug-likeness (QED) is 0.773. The SMILES string of the molecule is COC(=O)CCCN(C)CC(=O)Nc1ccccc1F. The highest BCUT2D eigenvalue weighted by molar-refractivity contribution is 5.92. The molecule has 1 aromatic carbocycles. The summed E-state index contributed by atoms with van der Waals surface area (Å²) in [7, 11) is 3.10. The molecule has 0 aromatic heterocycles. The lowest BCUT2D eigenvalue weighted by Gasteiger charge is -2.16. The van der Waals surface area contributed by atoms with Crippen molar-refractivity contribution in [3.63, 3.8) is 0 Å². The van der Waals surface area contributed by atoms with Gasteiger partial charge in [0.15, 0.2) is 0 Å². The zero-order valence-corrected chi connectivity index (χ0v) is 11.7. The molecule has 1 aromatic rings. The average Bonchev–Trinajstić information content (AvgIpc) is 2.41. The van der Waals surface area contributed by atoms with E-state index < -0.39 is 5.82 Å². The molecule has 0 bridgehead atoms. The predicted octanol–water partition coefficient (Wildman–Crippen LogP) is 1.65. The maximum Gasteiger partial charge on any atom is 0.305 e. The topological polar surface area (TPSA) is 58.6 Å². The van der Waals surface area contributed by atoms with Crippen molar-refractivity contribution in [1.29, 1.82) is 0 Å². The van der Waals surface area contributed by atoms with E-state index in [0.717, 1.165) is 0 Å². The van der Waals surface area contributed by atoms with Gasteiger partial charge < -0.3 is 10.1 Å². The number of ether oxygens (including phenoxy) is 1. The first-order valence-electron chi connectivity index (χ1n) is 6.32. The lowest BCUT2D eigenvalue weighted by molar-refractivity contribution is -0.140. The third-order valence-corrected chi connectivity index (χ3v) is 2.71. The number of amides is 1. The second-order valence-corrected chi connectivity index (χ2v) is 4.45. The van der Waals surface area contributed by atoms with Crippen molar-refractivity contribution < 1.29 is 18.7 Å². The van der Waals surface area contributed by atoms with Gasteiger partial charge in [-0.2, -0.15) is 0 Å². The van der Waals surface area contributed by atoms with Crippen molar-refractivity contribution >= 4 is 17.6 Å². The van der Waals surface area contributed by atoms with Gasteiger partial charge in [-0.15, -0.1) is 0 Å². The highest BCUT2D eigenvalue weighted by Gasteiger charge is 2.09. The minimum Gasteiger partial charge on any atom is -0.469 e. The van der Waals surface area contributed by atoms with E-state index in [1.807, 2.05) is 0 Å². The lowest BCUT2D eigenvalue weighted by Crippen LogP contribution is -2.31. The summed E-state index contributed by atoms with van der Waals surface area (Å²) in [5, 5.41) is 2.50. The van der Waals surface area contributed by atoms with Gasteiger partial charge >= 0.3 is 5.97 Å². The van der Waals surface area contributed by atoms with E-state index in [9.17, 15) is 14.0 Å². The van der Waals surface area contributed by atoms with Crippen molar-refractivity contribution in [2.24, 2.45) is 0 Å². The zero-order valence-electron chi connectivity index (χ0n) is 11.7. The first-order valence-corrected chi connectivity index (χ1v) is 6.32. The first kappa shape index (κ1) is 16.1. The maximum atomic E-state index is 13.3. The van der Waals surface area contributed by atoms with Gasteiger partial charge in [0.25, 0.3) is 0 Å². The summed E-state index contributed by atoms with van der Waals surface area (Å²) in [5.74, 6) is -1.03. The Morgan fingerprint density at radius 3 is 2.70 bits per heavy atom. The number of carbonyl (C=O) groups is 2. The van der Waals surface area contributed by atoms with Crippen molar-refractivity contribution in [2.75, 3.05) is 32.6 Å². The second-order valence-electron chi connectivity index (χ2n) is 4.45. The van der Waals surface area contributed by atoms with Crippen LogP contribution >= 0.6 is 0 Å². The Hall–Kier alpha value is -1.95. The Bertz CT molecular complexity index is 465. The Morgan fingerprint density at radius 2 is 2.05 bits per heavy atom. The molecule has 5 nitrogen and oxygen atoms in total. The number of methoxy groups -OCH3 is 1. The number of anilines is 1. The summed E-state index contributed by atoms with van der Waals surface area (Å²) in [4.78, 5) is 24.4. The van der Waals surface area contributed by atoms with Crippen LogP contribution in [0.15, 0.2) is 24.3 Å². The average molecular weight is 282 g/mol. The summed E-state index contributed by atoms with van der Waals surface area (Å²) in [6.07, 6.45) is 0.923. The largest absolute Gasteiger partial charge is 0.469 e. The molecule has 0 fully saturated rings. The summed E-state index contributed by atoms with van der Waals surface area (Å²) in [5.41, 5.74) is 0.167. The fourth-order valence-corrected chi connectivity index (χ4v) is 1.67. The van der Waals surface area contributed by atoms with Crippen LogP contribution in [-0.2, 0) is 14.3 Å². The molecule has 1 amide bonds. The van der Waals surface area contributed by atoms with Gasteiger partial charge in [-0.3, -0.25) is 14.5 Å². The van der Waals surface area contributed by atoms with Crippen LogP contribution in [0.25, 0.3) is 0 Å². The highest BCUT2D eigenvalue weighted by Crippen LogP contribution is 2.12.